The fraction of sp³-hybridized carbons (Fsp3) is 0.261. The minimum absolute atomic E-state index is 0.141. The molecule has 0 aliphatic rings. The molecule has 7 heteroatoms. The average Bonchev–Trinajstić information content (AvgIpc) is 2.78. The summed E-state index contributed by atoms with van der Waals surface area (Å²) in [4.78, 5) is 24.8. The summed E-state index contributed by atoms with van der Waals surface area (Å²) in [6.07, 6.45) is 0.797. The molecule has 2 rings (SSSR count). The predicted molar refractivity (Wildman–Crippen MR) is 110 cm³/mol. The molecule has 1 amide bonds. The van der Waals surface area contributed by atoms with Crippen LogP contribution in [0.15, 0.2) is 66.4 Å². The van der Waals surface area contributed by atoms with E-state index in [-0.39, 0.29) is 25.1 Å². The Bertz CT molecular complexity index is 919. The van der Waals surface area contributed by atoms with Gasteiger partial charge in [0.25, 0.3) is 0 Å². The van der Waals surface area contributed by atoms with Crippen LogP contribution >= 0.6 is 0 Å². The molecule has 0 aromatic heterocycles. The van der Waals surface area contributed by atoms with E-state index in [4.69, 9.17) is 9.47 Å². The van der Waals surface area contributed by atoms with Gasteiger partial charge in [-0.1, -0.05) is 48.5 Å². The van der Waals surface area contributed by atoms with Crippen molar-refractivity contribution in [2.75, 3.05) is 20.3 Å². The lowest BCUT2D eigenvalue weighted by Crippen LogP contribution is -2.32. The van der Waals surface area contributed by atoms with Gasteiger partial charge in [-0.25, -0.2) is 4.79 Å². The van der Waals surface area contributed by atoms with Crippen LogP contribution in [-0.4, -0.2) is 37.2 Å². The third-order valence-electron chi connectivity index (χ3n) is 4.08. The number of esters is 1. The maximum Gasteiger partial charge on any atom is 0.414 e. The molecule has 0 radical (unpaired) electrons. The van der Waals surface area contributed by atoms with Gasteiger partial charge in [0.2, 0.25) is 0 Å². The highest BCUT2D eigenvalue weighted by molar-refractivity contribution is 5.79. The van der Waals surface area contributed by atoms with Gasteiger partial charge in [-0.05, 0) is 24.1 Å². The van der Waals surface area contributed by atoms with Crippen molar-refractivity contribution >= 4 is 12.1 Å². The monoisotopic (exact) mass is 408 g/mol. The zero-order chi connectivity index (χ0) is 21.8. The molecule has 0 atom stereocenters. The summed E-state index contributed by atoms with van der Waals surface area (Å²) in [5.41, 5.74) is 2.07. The van der Waals surface area contributed by atoms with Crippen LogP contribution in [0.2, 0.25) is 0 Å². The van der Waals surface area contributed by atoms with Gasteiger partial charge in [0, 0.05) is 12.6 Å². The highest BCUT2D eigenvalue weighted by atomic mass is 16.6. The number of nitrogens with zero attached hydrogens (tertiary/aromatic N) is 2. The van der Waals surface area contributed by atoms with Crippen LogP contribution in [0.5, 0.6) is 5.75 Å². The zero-order valence-corrected chi connectivity index (χ0v) is 17.0. The van der Waals surface area contributed by atoms with Crippen molar-refractivity contribution in [1.82, 2.24) is 4.90 Å². The second-order valence-electron chi connectivity index (χ2n) is 6.23. The van der Waals surface area contributed by atoms with Gasteiger partial charge in [-0.2, -0.15) is 5.26 Å². The van der Waals surface area contributed by atoms with Gasteiger partial charge < -0.3 is 14.2 Å². The number of carbonyl (C=O) groups excluding carboxylic acids is 2. The number of ether oxygens (including phenoxy) is 3. The maximum absolute atomic E-state index is 12.1. The Hall–Kier alpha value is -3.79. The highest BCUT2D eigenvalue weighted by Crippen LogP contribution is 2.22. The van der Waals surface area contributed by atoms with Crippen LogP contribution in [-0.2, 0) is 27.3 Å². The Morgan fingerprint density at radius 1 is 1.10 bits per heavy atom. The molecule has 0 saturated heterocycles. The van der Waals surface area contributed by atoms with Gasteiger partial charge in [-0.3, -0.25) is 9.69 Å². The van der Waals surface area contributed by atoms with E-state index in [1.54, 1.807) is 6.92 Å². The molecule has 7 nitrogen and oxygen atoms in total. The molecule has 156 valence electrons. The summed E-state index contributed by atoms with van der Waals surface area (Å²) in [7, 11) is 1.22. The summed E-state index contributed by atoms with van der Waals surface area (Å²) >= 11 is 0. The number of amides is 1. The minimum atomic E-state index is -0.732. The van der Waals surface area contributed by atoms with Crippen LogP contribution in [0, 0.1) is 11.3 Å². The number of benzene rings is 2. The average molecular weight is 408 g/mol. The van der Waals surface area contributed by atoms with E-state index in [1.165, 1.54) is 13.3 Å². The number of hydrogen-bond donors (Lipinski definition) is 0. The first-order chi connectivity index (χ1) is 14.6. The summed E-state index contributed by atoms with van der Waals surface area (Å²) in [5, 5.41) is 9.58. The summed E-state index contributed by atoms with van der Waals surface area (Å²) in [6, 6.07) is 19.2. The second-order valence-corrected chi connectivity index (χ2v) is 6.23. The van der Waals surface area contributed by atoms with Gasteiger partial charge in [0.05, 0.1) is 25.4 Å². The third kappa shape index (κ3) is 6.99. The standard InChI is InChI=1S/C23H24N2O5/c1-3-29-23(27)25(16-22(26)28-2)15-19(14-24)13-20-11-7-8-12-21(20)30-17-18-9-5-4-6-10-18/h4-12,15H,3,13,16-17H2,1-2H3/b19-15+. The van der Waals surface area contributed by atoms with Crippen molar-refractivity contribution in [3.8, 4) is 11.8 Å². The van der Waals surface area contributed by atoms with E-state index in [1.807, 2.05) is 54.6 Å². The molecule has 0 aliphatic heterocycles. The first-order valence-electron chi connectivity index (χ1n) is 9.43. The second kappa shape index (κ2) is 11.9. The summed E-state index contributed by atoms with van der Waals surface area (Å²) < 4.78 is 15.5. The Kier molecular flexibility index (Phi) is 8.94. The predicted octanol–water partition coefficient (Wildman–Crippen LogP) is 3.85. The largest absolute Gasteiger partial charge is 0.489 e. The van der Waals surface area contributed by atoms with Crippen molar-refractivity contribution in [2.24, 2.45) is 0 Å². The first kappa shape index (κ1) is 22.5. The SMILES string of the molecule is CCOC(=O)N(/C=C(/C#N)Cc1ccccc1OCc1ccccc1)CC(=O)OC. The fourth-order valence-electron chi connectivity index (χ4n) is 2.61. The van der Waals surface area contributed by atoms with Crippen LogP contribution in [0.1, 0.15) is 18.1 Å². The van der Waals surface area contributed by atoms with E-state index < -0.39 is 12.1 Å². The lowest BCUT2D eigenvalue weighted by atomic mass is 10.1. The van der Waals surface area contributed by atoms with Gasteiger partial charge in [0.15, 0.2) is 0 Å². The number of allylic oxidation sites excluding steroid dienone is 1. The highest BCUT2D eigenvalue weighted by Gasteiger charge is 2.18. The summed E-state index contributed by atoms with van der Waals surface area (Å²) in [5.74, 6) is 0.0151. The number of carbonyl (C=O) groups is 2. The molecule has 0 saturated carbocycles. The van der Waals surface area contributed by atoms with Gasteiger partial charge >= 0.3 is 12.1 Å². The number of rotatable bonds is 9. The van der Waals surface area contributed by atoms with Crippen LogP contribution in [0.3, 0.4) is 0 Å². The number of methoxy groups -OCH3 is 1. The minimum Gasteiger partial charge on any atom is -0.489 e. The smallest absolute Gasteiger partial charge is 0.414 e. The Morgan fingerprint density at radius 3 is 2.47 bits per heavy atom. The van der Waals surface area contributed by atoms with E-state index in [9.17, 15) is 14.9 Å². The molecule has 0 unspecified atom stereocenters. The molecule has 2 aromatic rings. The third-order valence-corrected chi connectivity index (χ3v) is 4.08. The van der Waals surface area contributed by atoms with Crippen molar-refractivity contribution in [3.05, 3.63) is 77.5 Å². The Balaban J connectivity index is 2.19. The fourth-order valence-corrected chi connectivity index (χ4v) is 2.61. The lowest BCUT2D eigenvalue weighted by Gasteiger charge is -2.17. The quantitative estimate of drug-likeness (QED) is 0.463. The molecule has 0 fully saturated rings. The zero-order valence-electron chi connectivity index (χ0n) is 17.0. The summed E-state index contributed by atoms with van der Waals surface area (Å²) in [6.45, 7) is 1.83. The first-order valence-corrected chi connectivity index (χ1v) is 9.43. The van der Waals surface area contributed by atoms with Crippen molar-refractivity contribution < 1.29 is 23.8 Å². The topological polar surface area (TPSA) is 88.9 Å². The van der Waals surface area contributed by atoms with E-state index >= 15 is 0 Å². The van der Waals surface area contributed by atoms with E-state index in [0.717, 1.165) is 16.0 Å². The molecule has 0 bridgehead atoms. The Morgan fingerprint density at radius 2 is 1.80 bits per heavy atom. The molecule has 0 spiro atoms. The molecule has 30 heavy (non-hydrogen) atoms. The van der Waals surface area contributed by atoms with E-state index in [0.29, 0.717) is 12.4 Å². The maximum atomic E-state index is 12.1. The molecular formula is C23H24N2O5. The number of nitriles is 1. The molecule has 0 N–H and O–H groups in total. The lowest BCUT2D eigenvalue weighted by molar-refractivity contribution is -0.141. The van der Waals surface area contributed by atoms with Gasteiger partial charge in [0.1, 0.15) is 18.9 Å². The molecule has 0 aliphatic carbocycles. The molecule has 0 heterocycles. The van der Waals surface area contributed by atoms with E-state index in [2.05, 4.69) is 10.8 Å². The van der Waals surface area contributed by atoms with Crippen molar-refractivity contribution in [3.63, 3.8) is 0 Å². The van der Waals surface area contributed by atoms with Crippen molar-refractivity contribution in [2.45, 2.75) is 20.0 Å². The van der Waals surface area contributed by atoms with Crippen LogP contribution in [0.4, 0.5) is 4.79 Å². The Labute approximate surface area is 176 Å². The van der Waals surface area contributed by atoms with Crippen molar-refractivity contribution in [1.29, 1.82) is 5.26 Å². The normalized spacial score (nSPS) is 10.6. The molecular weight excluding hydrogens is 384 g/mol. The number of hydrogen-bond acceptors (Lipinski definition) is 6. The molecule has 2 aromatic carbocycles. The van der Waals surface area contributed by atoms with Crippen LogP contribution in [0.25, 0.3) is 0 Å². The van der Waals surface area contributed by atoms with Crippen LogP contribution < -0.4 is 4.74 Å². The van der Waals surface area contributed by atoms with Gasteiger partial charge in [-0.15, -0.1) is 0 Å². The number of para-hydroxylation sites is 1.